The summed E-state index contributed by atoms with van der Waals surface area (Å²) in [4.78, 5) is 26.2. The summed E-state index contributed by atoms with van der Waals surface area (Å²) in [6, 6.07) is 7.86. The molecule has 0 spiro atoms. The second-order valence-electron chi connectivity index (χ2n) is 5.95. The van der Waals surface area contributed by atoms with Crippen LogP contribution in [0.1, 0.15) is 24.8 Å². The first-order chi connectivity index (χ1) is 11.0. The van der Waals surface area contributed by atoms with Crippen molar-refractivity contribution in [2.75, 3.05) is 33.9 Å². The molecular weight excluding hydrogens is 360 g/mol. The Morgan fingerprint density at radius 3 is 2.52 bits per heavy atom. The average molecular weight is 383 g/mol. The van der Waals surface area contributed by atoms with Gasteiger partial charge in [-0.1, -0.05) is 28.1 Å². The largest absolute Gasteiger partial charge is 0.385 e. The fourth-order valence-corrected chi connectivity index (χ4v) is 2.94. The van der Waals surface area contributed by atoms with Gasteiger partial charge in [0.25, 0.3) is 0 Å². The molecule has 1 aromatic rings. The number of likely N-dealkylation sites (N-methyl/N-ethyl adjacent to an activating group) is 1. The maximum Gasteiger partial charge on any atom is 0.239 e. The van der Waals surface area contributed by atoms with E-state index in [0.717, 1.165) is 29.3 Å². The molecule has 1 aromatic carbocycles. The van der Waals surface area contributed by atoms with Crippen molar-refractivity contribution >= 4 is 27.7 Å². The van der Waals surface area contributed by atoms with E-state index < -0.39 is 5.41 Å². The number of hydrogen-bond donors (Lipinski definition) is 1. The zero-order chi connectivity index (χ0) is 16.9. The Morgan fingerprint density at radius 1 is 1.30 bits per heavy atom. The maximum absolute atomic E-state index is 12.7. The highest BCUT2D eigenvalue weighted by Crippen LogP contribution is 2.49. The first-order valence-electron chi connectivity index (χ1n) is 7.77. The number of nitrogens with one attached hydrogen (secondary N) is 1. The Morgan fingerprint density at radius 2 is 1.96 bits per heavy atom. The molecule has 1 N–H and O–H groups in total. The van der Waals surface area contributed by atoms with E-state index in [9.17, 15) is 9.59 Å². The molecule has 23 heavy (non-hydrogen) atoms. The van der Waals surface area contributed by atoms with Crippen molar-refractivity contribution in [3.05, 3.63) is 34.3 Å². The van der Waals surface area contributed by atoms with E-state index in [1.54, 1.807) is 14.2 Å². The molecule has 0 atom stereocenters. The molecule has 0 bridgehead atoms. The van der Waals surface area contributed by atoms with Crippen LogP contribution in [-0.4, -0.2) is 50.6 Å². The van der Waals surface area contributed by atoms with E-state index in [-0.39, 0.29) is 18.4 Å². The van der Waals surface area contributed by atoms with Crippen molar-refractivity contribution in [1.82, 2.24) is 10.2 Å². The number of carbonyl (C=O) groups is 2. The molecule has 2 rings (SSSR count). The van der Waals surface area contributed by atoms with Gasteiger partial charge in [0.1, 0.15) is 0 Å². The molecule has 0 aliphatic heterocycles. The third kappa shape index (κ3) is 4.54. The topological polar surface area (TPSA) is 58.6 Å². The van der Waals surface area contributed by atoms with Gasteiger partial charge in [-0.2, -0.15) is 0 Å². The Kier molecular flexibility index (Phi) is 6.18. The molecule has 0 radical (unpaired) electrons. The van der Waals surface area contributed by atoms with Gasteiger partial charge in [-0.15, -0.1) is 0 Å². The van der Waals surface area contributed by atoms with Crippen molar-refractivity contribution in [3.8, 4) is 0 Å². The summed E-state index contributed by atoms with van der Waals surface area (Å²) in [7, 11) is 3.32. The number of amides is 2. The quantitative estimate of drug-likeness (QED) is 0.700. The molecule has 0 heterocycles. The first kappa shape index (κ1) is 17.9. The highest BCUT2D eigenvalue weighted by atomic mass is 79.9. The molecular formula is C17H23BrN2O3. The van der Waals surface area contributed by atoms with Gasteiger partial charge in [-0.25, -0.2) is 0 Å². The van der Waals surface area contributed by atoms with E-state index in [4.69, 9.17) is 4.74 Å². The Hall–Kier alpha value is -1.40. The van der Waals surface area contributed by atoms with Crippen molar-refractivity contribution in [3.63, 3.8) is 0 Å². The Balaban J connectivity index is 1.89. The van der Waals surface area contributed by atoms with Crippen LogP contribution < -0.4 is 5.32 Å². The zero-order valence-electron chi connectivity index (χ0n) is 13.6. The van der Waals surface area contributed by atoms with Crippen LogP contribution in [0.15, 0.2) is 28.7 Å². The molecule has 5 nitrogen and oxygen atoms in total. The lowest BCUT2D eigenvalue weighted by atomic mass is 9.94. The third-order valence-electron chi connectivity index (χ3n) is 4.13. The maximum atomic E-state index is 12.7. The number of carbonyl (C=O) groups excluding carboxylic acids is 2. The van der Waals surface area contributed by atoms with Crippen LogP contribution in [0, 0.1) is 0 Å². The minimum atomic E-state index is -0.439. The Labute approximate surface area is 145 Å². The zero-order valence-corrected chi connectivity index (χ0v) is 15.2. The van der Waals surface area contributed by atoms with Crippen LogP contribution in [-0.2, 0) is 19.7 Å². The molecule has 0 aromatic heterocycles. The number of hydrogen-bond acceptors (Lipinski definition) is 3. The van der Waals surface area contributed by atoms with E-state index in [1.165, 1.54) is 4.90 Å². The number of ether oxygens (including phenoxy) is 1. The van der Waals surface area contributed by atoms with E-state index in [1.807, 2.05) is 24.3 Å². The monoisotopic (exact) mass is 382 g/mol. The lowest BCUT2D eigenvalue weighted by Gasteiger charge is -2.23. The molecule has 126 valence electrons. The number of halogens is 1. The van der Waals surface area contributed by atoms with Gasteiger partial charge in [-0.05, 0) is 37.0 Å². The third-order valence-corrected chi connectivity index (χ3v) is 4.66. The summed E-state index contributed by atoms with van der Waals surface area (Å²) in [5, 5.41) is 2.80. The van der Waals surface area contributed by atoms with Crippen LogP contribution in [0.2, 0.25) is 0 Å². The molecule has 6 heteroatoms. The summed E-state index contributed by atoms with van der Waals surface area (Å²) in [5.74, 6) is -0.115. The number of methoxy groups -OCH3 is 1. The normalized spacial score (nSPS) is 15.1. The molecule has 0 saturated heterocycles. The van der Waals surface area contributed by atoms with Crippen molar-refractivity contribution in [2.45, 2.75) is 24.7 Å². The fraction of sp³-hybridized carbons (Fsp3) is 0.529. The van der Waals surface area contributed by atoms with Crippen LogP contribution in [0.25, 0.3) is 0 Å². The molecule has 1 saturated carbocycles. The number of nitrogens with zero attached hydrogens (tertiary/aromatic N) is 1. The van der Waals surface area contributed by atoms with Gasteiger partial charge in [0.2, 0.25) is 11.8 Å². The standard InChI is InChI=1S/C17H23BrN2O3/c1-20(12-15(21)19-10-3-11-23-2)16(22)17(8-9-17)13-4-6-14(18)7-5-13/h4-7H,3,8-12H2,1-2H3,(H,19,21). The smallest absolute Gasteiger partial charge is 0.239 e. The van der Waals surface area contributed by atoms with Gasteiger partial charge in [0.05, 0.1) is 12.0 Å². The highest BCUT2D eigenvalue weighted by molar-refractivity contribution is 9.10. The van der Waals surface area contributed by atoms with Crippen LogP contribution >= 0.6 is 15.9 Å². The lowest BCUT2D eigenvalue weighted by Crippen LogP contribution is -2.43. The second-order valence-corrected chi connectivity index (χ2v) is 6.86. The van der Waals surface area contributed by atoms with Crippen LogP contribution in [0.3, 0.4) is 0 Å². The van der Waals surface area contributed by atoms with Crippen molar-refractivity contribution in [2.24, 2.45) is 0 Å². The summed E-state index contributed by atoms with van der Waals surface area (Å²) in [5.41, 5.74) is 0.587. The van der Waals surface area contributed by atoms with Crippen LogP contribution in [0.4, 0.5) is 0 Å². The minimum absolute atomic E-state index is 0.0202. The van der Waals surface area contributed by atoms with Crippen molar-refractivity contribution in [1.29, 1.82) is 0 Å². The summed E-state index contributed by atoms with van der Waals surface area (Å²) < 4.78 is 5.93. The highest BCUT2D eigenvalue weighted by Gasteiger charge is 2.52. The molecule has 2 amide bonds. The van der Waals surface area contributed by atoms with Gasteiger partial charge in [-0.3, -0.25) is 9.59 Å². The first-order valence-corrected chi connectivity index (χ1v) is 8.56. The number of rotatable bonds is 8. The SMILES string of the molecule is COCCCNC(=O)CN(C)C(=O)C1(c2ccc(Br)cc2)CC1. The van der Waals surface area contributed by atoms with E-state index in [0.29, 0.717) is 13.2 Å². The average Bonchev–Trinajstić information content (AvgIpc) is 3.33. The van der Waals surface area contributed by atoms with Gasteiger partial charge >= 0.3 is 0 Å². The summed E-state index contributed by atoms with van der Waals surface area (Å²) in [6.07, 6.45) is 2.45. The summed E-state index contributed by atoms with van der Waals surface area (Å²) >= 11 is 3.41. The molecule has 1 aliphatic rings. The molecule has 1 fully saturated rings. The van der Waals surface area contributed by atoms with E-state index in [2.05, 4.69) is 21.2 Å². The molecule has 1 aliphatic carbocycles. The second kappa shape index (κ2) is 7.93. The predicted molar refractivity (Wildman–Crippen MR) is 92.2 cm³/mol. The van der Waals surface area contributed by atoms with Gasteiger partial charge < -0.3 is 15.0 Å². The fourth-order valence-electron chi connectivity index (χ4n) is 2.67. The number of benzene rings is 1. The van der Waals surface area contributed by atoms with E-state index >= 15 is 0 Å². The summed E-state index contributed by atoms with van der Waals surface area (Å²) in [6.45, 7) is 1.26. The van der Waals surface area contributed by atoms with Gasteiger partial charge in [0.15, 0.2) is 0 Å². The van der Waals surface area contributed by atoms with Gasteiger partial charge in [0, 0.05) is 31.8 Å². The van der Waals surface area contributed by atoms with Crippen molar-refractivity contribution < 1.29 is 14.3 Å². The predicted octanol–water partition coefficient (Wildman–Crippen LogP) is 2.09. The lowest BCUT2D eigenvalue weighted by molar-refractivity contribution is -0.136. The molecule has 0 unspecified atom stereocenters. The Bertz CT molecular complexity index is 555. The minimum Gasteiger partial charge on any atom is -0.385 e. The van der Waals surface area contributed by atoms with Crippen LogP contribution in [0.5, 0.6) is 0 Å².